The maximum absolute atomic E-state index is 12.9. The molecule has 1 rings (SSSR count). The van der Waals surface area contributed by atoms with Gasteiger partial charge in [-0.15, -0.1) is 0 Å². The highest BCUT2D eigenvalue weighted by molar-refractivity contribution is 6.32. The molecule has 1 N–H and O–H groups in total. The Hall–Kier alpha value is -1.75. The van der Waals surface area contributed by atoms with Gasteiger partial charge in [0.2, 0.25) is 5.83 Å². The van der Waals surface area contributed by atoms with Gasteiger partial charge in [-0.3, -0.25) is 0 Å². The van der Waals surface area contributed by atoms with Gasteiger partial charge in [0.05, 0.1) is 19.2 Å². The number of hydrogen-bond donors (Lipinski definition) is 1. The van der Waals surface area contributed by atoms with Crippen LogP contribution in [0.4, 0.5) is 4.39 Å². The maximum Gasteiger partial charge on any atom is 0.364 e. The van der Waals surface area contributed by atoms with Gasteiger partial charge in [0.15, 0.2) is 11.5 Å². The van der Waals surface area contributed by atoms with Crippen molar-refractivity contribution in [3.8, 4) is 11.5 Å². The molecule has 0 aliphatic rings. The quantitative estimate of drug-likeness (QED) is 0.846. The number of carbonyl (C=O) groups is 1. The van der Waals surface area contributed by atoms with E-state index in [0.29, 0.717) is 11.5 Å². The van der Waals surface area contributed by atoms with Gasteiger partial charge in [-0.1, -0.05) is 11.6 Å². The highest BCUT2D eigenvalue weighted by Gasteiger charge is 2.12. The summed E-state index contributed by atoms with van der Waals surface area (Å²) in [4.78, 5) is 10.3. The molecule has 17 heavy (non-hydrogen) atoms. The first-order valence-corrected chi connectivity index (χ1v) is 4.89. The summed E-state index contributed by atoms with van der Waals surface area (Å²) in [7, 11) is 2.81. The minimum absolute atomic E-state index is 0.205. The smallest absolute Gasteiger partial charge is 0.364 e. The van der Waals surface area contributed by atoms with Crippen molar-refractivity contribution >= 4 is 23.6 Å². The van der Waals surface area contributed by atoms with E-state index in [1.807, 2.05) is 0 Å². The van der Waals surface area contributed by atoms with Crippen LogP contribution in [-0.4, -0.2) is 25.3 Å². The molecule has 92 valence electrons. The summed E-state index contributed by atoms with van der Waals surface area (Å²) in [6.07, 6.45) is 0.843. The standard InChI is InChI=1S/C11H10ClFO4/c1-16-9-5-6(4-8(13)11(14)15)3-7(12)10(9)17-2/h3-5H,1-2H3,(H,14,15). The molecular weight excluding hydrogens is 251 g/mol. The molecule has 0 spiro atoms. The van der Waals surface area contributed by atoms with E-state index in [0.717, 1.165) is 6.08 Å². The van der Waals surface area contributed by atoms with Gasteiger partial charge in [-0.25, -0.2) is 4.79 Å². The number of carboxylic acids is 1. The second-order valence-corrected chi connectivity index (χ2v) is 3.44. The van der Waals surface area contributed by atoms with E-state index in [9.17, 15) is 9.18 Å². The molecule has 1 aromatic carbocycles. The lowest BCUT2D eigenvalue weighted by atomic mass is 10.2. The van der Waals surface area contributed by atoms with Crippen molar-refractivity contribution in [2.45, 2.75) is 0 Å². The Balaban J connectivity index is 3.25. The van der Waals surface area contributed by atoms with E-state index in [1.165, 1.54) is 26.4 Å². The molecular formula is C11H10ClFO4. The molecule has 0 amide bonds. The minimum atomic E-state index is -1.64. The van der Waals surface area contributed by atoms with Crippen LogP contribution in [0.15, 0.2) is 18.0 Å². The first kappa shape index (κ1) is 13.3. The summed E-state index contributed by atoms with van der Waals surface area (Å²) in [5.74, 6) is -2.32. The predicted octanol–water partition coefficient (Wildman–Crippen LogP) is 2.75. The van der Waals surface area contributed by atoms with Crippen LogP contribution in [0, 0.1) is 0 Å². The predicted molar refractivity (Wildman–Crippen MR) is 61.3 cm³/mol. The molecule has 0 aliphatic carbocycles. The van der Waals surface area contributed by atoms with Crippen molar-refractivity contribution in [2.24, 2.45) is 0 Å². The zero-order valence-corrected chi connectivity index (χ0v) is 9.92. The summed E-state index contributed by atoms with van der Waals surface area (Å²) >= 11 is 5.87. The Kier molecular flexibility index (Phi) is 4.34. The average Bonchev–Trinajstić information content (AvgIpc) is 2.27. The molecule has 0 aromatic heterocycles. The SMILES string of the molecule is COc1cc(C=C(F)C(=O)O)cc(Cl)c1OC. The van der Waals surface area contributed by atoms with Gasteiger partial charge < -0.3 is 14.6 Å². The lowest BCUT2D eigenvalue weighted by molar-refractivity contribution is -0.134. The second kappa shape index (κ2) is 5.54. The number of ether oxygens (including phenoxy) is 2. The van der Waals surface area contributed by atoms with E-state index in [1.54, 1.807) is 0 Å². The minimum Gasteiger partial charge on any atom is -0.493 e. The molecule has 1 aromatic rings. The molecule has 0 unspecified atom stereocenters. The van der Waals surface area contributed by atoms with Gasteiger partial charge >= 0.3 is 5.97 Å². The Morgan fingerprint density at radius 2 is 2.06 bits per heavy atom. The number of methoxy groups -OCH3 is 2. The van der Waals surface area contributed by atoms with Crippen LogP contribution < -0.4 is 9.47 Å². The Morgan fingerprint density at radius 3 is 2.53 bits per heavy atom. The van der Waals surface area contributed by atoms with E-state index >= 15 is 0 Å². The summed E-state index contributed by atoms with van der Waals surface area (Å²) in [6, 6.07) is 2.80. The molecule has 0 saturated heterocycles. The van der Waals surface area contributed by atoms with Crippen molar-refractivity contribution in [3.63, 3.8) is 0 Å². The molecule has 0 fully saturated rings. The third kappa shape index (κ3) is 3.10. The van der Waals surface area contributed by atoms with Gasteiger partial charge in [0, 0.05) is 0 Å². The van der Waals surface area contributed by atoms with Crippen LogP contribution in [0.2, 0.25) is 5.02 Å². The number of benzene rings is 1. The second-order valence-electron chi connectivity index (χ2n) is 3.04. The Morgan fingerprint density at radius 1 is 1.41 bits per heavy atom. The third-order valence-corrected chi connectivity index (χ3v) is 2.23. The molecule has 0 aliphatic heterocycles. The highest BCUT2D eigenvalue weighted by atomic mass is 35.5. The van der Waals surface area contributed by atoms with Crippen LogP contribution in [0.3, 0.4) is 0 Å². The number of halogens is 2. The van der Waals surface area contributed by atoms with Gasteiger partial charge in [0.1, 0.15) is 0 Å². The van der Waals surface area contributed by atoms with Gasteiger partial charge in [-0.05, 0) is 23.8 Å². The maximum atomic E-state index is 12.9. The fourth-order valence-corrected chi connectivity index (χ4v) is 1.53. The molecule has 0 heterocycles. The summed E-state index contributed by atoms with van der Waals surface area (Å²) in [5.41, 5.74) is 0.271. The number of carboxylic acid groups (broad SMARTS) is 1. The average molecular weight is 261 g/mol. The van der Waals surface area contributed by atoms with E-state index in [2.05, 4.69) is 0 Å². The summed E-state index contributed by atoms with van der Waals surface area (Å²) in [5, 5.41) is 8.61. The largest absolute Gasteiger partial charge is 0.493 e. The number of aliphatic carboxylic acids is 1. The molecule has 0 bridgehead atoms. The van der Waals surface area contributed by atoms with Crippen molar-refractivity contribution < 1.29 is 23.8 Å². The third-order valence-electron chi connectivity index (χ3n) is 1.95. The number of hydrogen-bond acceptors (Lipinski definition) is 3. The van der Waals surface area contributed by atoms with Crippen molar-refractivity contribution in [2.75, 3.05) is 14.2 Å². The van der Waals surface area contributed by atoms with Crippen molar-refractivity contribution in [1.82, 2.24) is 0 Å². The van der Waals surface area contributed by atoms with E-state index in [-0.39, 0.29) is 10.6 Å². The lowest BCUT2D eigenvalue weighted by Gasteiger charge is -2.10. The normalized spacial score (nSPS) is 11.2. The van der Waals surface area contributed by atoms with E-state index < -0.39 is 11.8 Å². The fraction of sp³-hybridized carbons (Fsp3) is 0.182. The number of rotatable bonds is 4. The summed E-state index contributed by atoms with van der Waals surface area (Å²) < 4.78 is 22.9. The van der Waals surface area contributed by atoms with Crippen LogP contribution in [-0.2, 0) is 4.79 Å². The first-order valence-electron chi connectivity index (χ1n) is 4.51. The van der Waals surface area contributed by atoms with Crippen molar-refractivity contribution in [3.05, 3.63) is 28.5 Å². The highest BCUT2D eigenvalue weighted by Crippen LogP contribution is 2.36. The zero-order valence-electron chi connectivity index (χ0n) is 9.16. The van der Waals surface area contributed by atoms with Crippen LogP contribution in [0.1, 0.15) is 5.56 Å². The fourth-order valence-electron chi connectivity index (χ4n) is 1.23. The zero-order chi connectivity index (χ0) is 13.0. The van der Waals surface area contributed by atoms with Crippen LogP contribution in [0.5, 0.6) is 11.5 Å². The van der Waals surface area contributed by atoms with Crippen LogP contribution in [0.25, 0.3) is 6.08 Å². The topological polar surface area (TPSA) is 55.8 Å². The van der Waals surface area contributed by atoms with Crippen LogP contribution >= 0.6 is 11.6 Å². The summed E-state index contributed by atoms with van der Waals surface area (Å²) in [6.45, 7) is 0. The Bertz CT molecular complexity index is 471. The molecule has 0 saturated carbocycles. The monoisotopic (exact) mass is 260 g/mol. The first-order chi connectivity index (χ1) is 7.99. The lowest BCUT2D eigenvalue weighted by Crippen LogP contribution is -1.95. The molecule has 0 radical (unpaired) electrons. The molecule has 4 nitrogen and oxygen atoms in total. The van der Waals surface area contributed by atoms with Gasteiger partial charge in [0.25, 0.3) is 0 Å². The van der Waals surface area contributed by atoms with Crippen molar-refractivity contribution in [1.29, 1.82) is 0 Å². The molecule has 6 heteroatoms. The van der Waals surface area contributed by atoms with Gasteiger partial charge in [-0.2, -0.15) is 4.39 Å². The Labute approximate surface area is 102 Å². The molecule has 0 atom stereocenters. The van der Waals surface area contributed by atoms with E-state index in [4.69, 9.17) is 26.2 Å².